The number of carbonyl (C=O) groups is 1. The summed E-state index contributed by atoms with van der Waals surface area (Å²) in [6.45, 7) is 8.67. The zero-order chi connectivity index (χ0) is 15.5. The smallest absolute Gasteiger partial charge is 0.274 e. The number of imidazole rings is 1. The Labute approximate surface area is 130 Å². The fraction of sp³-hybridized carbons (Fsp3) is 0.688. The van der Waals surface area contributed by atoms with E-state index in [2.05, 4.69) is 24.0 Å². The van der Waals surface area contributed by atoms with Gasteiger partial charge in [-0.25, -0.2) is 4.98 Å². The minimum Gasteiger partial charge on any atom is -0.389 e. The van der Waals surface area contributed by atoms with E-state index in [0.717, 1.165) is 26.1 Å². The molecule has 2 atom stereocenters. The van der Waals surface area contributed by atoms with E-state index in [9.17, 15) is 4.79 Å². The number of fused-ring (bicyclic) bond motifs is 1. The zero-order valence-corrected chi connectivity index (χ0v) is 13.3. The number of hydrogen-bond acceptors (Lipinski definition) is 4. The topological polar surface area (TPSA) is 59.7 Å². The number of rotatable bonds is 3. The van der Waals surface area contributed by atoms with Crippen LogP contribution in [0.1, 0.15) is 37.7 Å². The molecule has 1 aliphatic carbocycles. The predicted molar refractivity (Wildman–Crippen MR) is 81.5 cm³/mol. The van der Waals surface area contributed by atoms with Gasteiger partial charge in [0.1, 0.15) is 11.3 Å². The number of hydrogen-bond donors (Lipinski definition) is 0. The van der Waals surface area contributed by atoms with Crippen molar-refractivity contribution in [1.29, 1.82) is 0 Å². The number of nitrogens with zero attached hydrogens (tertiary/aromatic N) is 4. The number of piperidine rings is 1. The highest BCUT2D eigenvalue weighted by atomic mass is 16.7. The average molecular weight is 302 g/mol. The van der Waals surface area contributed by atoms with Gasteiger partial charge in [-0.05, 0) is 32.6 Å². The van der Waals surface area contributed by atoms with Gasteiger partial charge in [-0.1, -0.05) is 5.16 Å². The molecule has 1 amide bonds. The molecule has 2 aliphatic heterocycles. The number of oxime groups is 1. The molecule has 0 N–H and O–H groups in total. The molecule has 22 heavy (non-hydrogen) atoms. The Balaban J connectivity index is 1.37. The third kappa shape index (κ3) is 2.12. The van der Waals surface area contributed by atoms with E-state index in [-0.39, 0.29) is 11.5 Å². The van der Waals surface area contributed by atoms with Crippen molar-refractivity contribution in [3.05, 3.63) is 18.2 Å². The molecule has 6 nitrogen and oxygen atoms in total. The number of carbonyl (C=O) groups excluding carboxylic acids is 1. The van der Waals surface area contributed by atoms with Gasteiger partial charge in [0.05, 0.1) is 12.0 Å². The summed E-state index contributed by atoms with van der Waals surface area (Å²) < 4.78 is 1.93. The van der Waals surface area contributed by atoms with Gasteiger partial charge in [0.15, 0.2) is 0 Å². The molecule has 1 aromatic rings. The van der Waals surface area contributed by atoms with Gasteiger partial charge in [0.25, 0.3) is 5.91 Å². The maximum atomic E-state index is 12.5. The Hall–Kier alpha value is -1.85. The number of aromatic nitrogens is 2. The second kappa shape index (κ2) is 4.57. The lowest BCUT2D eigenvalue weighted by Gasteiger charge is -2.19. The summed E-state index contributed by atoms with van der Waals surface area (Å²) in [7, 11) is 0. The minimum absolute atomic E-state index is 0.0584. The average Bonchev–Trinajstić information content (AvgIpc) is 2.95. The first kappa shape index (κ1) is 13.8. The summed E-state index contributed by atoms with van der Waals surface area (Å²) in [5.74, 6) is 1.71. The van der Waals surface area contributed by atoms with Gasteiger partial charge in [-0.15, -0.1) is 0 Å². The van der Waals surface area contributed by atoms with Crippen LogP contribution in [0.15, 0.2) is 17.7 Å². The first-order valence-electron chi connectivity index (χ1n) is 8.04. The molecule has 118 valence electrons. The van der Waals surface area contributed by atoms with Crippen LogP contribution in [0.4, 0.5) is 0 Å². The first-order valence-corrected chi connectivity index (χ1v) is 8.04. The quantitative estimate of drug-likeness (QED) is 0.855. The molecule has 4 rings (SSSR count). The van der Waals surface area contributed by atoms with Crippen molar-refractivity contribution < 1.29 is 9.63 Å². The van der Waals surface area contributed by atoms with E-state index in [1.165, 1.54) is 5.71 Å². The van der Waals surface area contributed by atoms with E-state index < -0.39 is 0 Å². The lowest BCUT2D eigenvalue weighted by atomic mass is 9.98. The maximum Gasteiger partial charge on any atom is 0.274 e. The lowest BCUT2D eigenvalue weighted by Crippen LogP contribution is -2.33. The van der Waals surface area contributed by atoms with Crippen LogP contribution in [-0.2, 0) is 11.4 Å². The summed E-state index contributed by atoms with van der Waals surface area (Å²) in [4.78, 5) is 24.1. The third-order valence-corrected chi connectivity index (χ3v) is 5.10. The monoisotopic (exact) mass is 302 g/mol. The minimum atomic E-state index is -0.158. The van der Waals surface area contributed by atoms with Gasteiger partial charge < -0.3 is 14.3 Å². The van der Waals surface area contributed by atoms with Crippen molar-refractivity contribution in [3.63, 3.8) is 0 Å². The van der Waals surface area contributed by atoms with Crippen molar-refractivity contribution in [1.82, 2.24) is 14.5 Å². The van der Waals surface area contributed by atoms with Crippen LogP contribution >= 0.6 is 0 Å². The van der Waals surface area contributed by atoms with Gasteiger partial charge in [-0.2, -0.15) is 0 Å². The maximum absolute atomic E-state index is 12.5. The lowest BCUT2D eigenvalue weighted by molar-refractivity contribution is 0.0123. The van der Waals surface area contributed by atoms with Crippen LogP contribution in [0, 0.1) is 17.8 Å². The zero-order valence-electron chi connectivity index (χ0n) is 13.3. The van der Waals surface area contributed by atoms with Gasteiger partial charge >= 0.3 is 0 Å². The molecule has 6 heteroatoms. The number of aryl methyl sites for hydroxylation is 1. The highest BCUT2D eigenvalue weighted by molar-refractivity contribution is 5.94. The number of likely N-dealkylation sites (tertiary alicyclic amines) is 1. The molecular formula is C16H22N4O2. The van der Waals surface area contributed by atoms with Gasteiger partial charge in [-0.3, -0.25) is 4.79 Å². The van der Waals surface area contributed by atoms with Crippen LogP contribution in [0.5, 0.6) is 0 Å². The second-order valence-corrected chi connectivity index (χ2v) is 7.26. The summed E-state index contributed by atoms with van der Waals surface area (Å²) in [5.41, 5.74) is 1.60. The third-order valence-electron chi connectivity index (χ3n) is 5.10. The molecule has 0 aromatic carbocycles. The molecule has 1 aromatic heterocycles. The van der Waals surface area contributed by atoms with Crippen molar-refractivity contribution in [3.8, 4) is 0 Å². The molecule has 1 saturated carbocycles. The molecule has 0 bridgehead atoms. The fourth-order valence-corrected chi connectivity index (χ4v) is 3.85. The summed E-state index contributed by atoms with van der Waals surface area (Å²) in [6, 6.07) is 0. The van der Waals surface area contributed by atoms with Crippen LogP contribution in [0.2, 0.25) is 0 Å². The molecule has 2 unspecified atom stereocenters. The van der Waals surface area contributed by atoms with Crippen LogP contribution in [0.3, 0.4) is 0 Å². The van der Waals surface area contributed by atoms with Gasteiger partial charge in [0.2, 0.25) is 0 Å². The summed E-state index contributed by atoms with van der Waals surface area (Å²) >= 11 is 0. The molecule has 3 heterocycles. The van der Waals surface area contributed by atoms with Crippen molar-refractivity contribution in [2.24, 2.45) is 22.9 Å². The normalized spacial score (nSPS) is 31.7. The predicted octanol–water partition coefficient (Wildman–Crippen LogP) is 1.78. The van der Waals surface area contributed by atoms with Crippen molar-refractivity contribution >= 4 is 11.6 Å². The van der Waals surface area contributed by atoms with Crippen LogP contribution in [0.25, 0.3) is 0 Å². The summed E-state index contributed by atoms with van der Waals surface area (Å²) in [5, 5.41) is 4.27. The van der Waals surface area contributed by atoms with Crippen molar-refractivity contribution in [2.75, 3.05) is 13.1 Å². The Morgan fingerprint density at radius 1 is 1.41 bits per heavy atom. The molecule has 0 radical (unpaired) electrons. The van der Waals surface area contributed by atoms with Gasteiger partial charge in [0, 0.05) is 38.2 Å². The molecule has 2 fully saturated rings. The fourth-order valence-electron chi connectivity index (χ4n) is 3.85. The molecule has 0 spiro atoms. The largest absolute Gasteiger partial charge is 0.389 e. The van der Waals surface area contributed by atoms with E-state index in [4.69, 9.17) is 4.84 Å². The van der Waals surface area contributed by atoms with E-state index in [1.54, 1.807) is 6.33 Å². The van der Waals surface area contributed by atoms with Crippen molar-refractivity contribution in [2.45, 2.75) is 39.3 Å². The van der Waals surface area contributed by atoms with Crippen LogP contribution < -0.4 is 0 Å². The molecule has 3 aliphatic rings. The Morgan fingerprint density at radius 2 is 2.14 bits per heavy atom. The Morgan fingerprint density at radius 3 is 2.68 bits per heavy atom. The highest BCUT2D eigenvalue weighted by Gasteiger charge is 2.60. The first-order chi connectivity index (χ1) is 10.5. The van der Waals surface area contributed by atoms with E-state index >= 15 is 0 Å². The highest BCUT2D eigenvalue weighted by Crippen LogP contribution is 2.54. The summed E-state index contributed by atoms with van der Waals surface area (Å²) in [6.07, 6.45) is 4.47. The number of amides is 1. The second-order valence-electron chi connectivity index (χ2n) is 7.26. The molecular weight excluding hydrogens is 280 g/mol. The standard InChI is InChI=1S/C16H22N4O2/c1-4-19-8-13(17-9-19)15(21)20-6-10-11(7-20)14(10)12-5-16(2,3)22-18-12/h8-11,14H,4-7H2,1-3H3. The Kier molecular flexibility index (Phi) is 2.86. The molecule has 1 saturated heterocycles. The van der Waals surface area contributed by atoms with E-state index in [0.29, 0.717) is 23.4 Å². The van der Waals surface area contributed by atoms with E-state index in [1.807, 2.05) is 22.6 Å². The SMILES string of the molecule is CCn1cnc(C(=O)N2CC3C(C2)C3C2=NOC(C)(C)C2)c1. The van der Waals surface area contributed by atoms with Crippen LogP contribution in [-0.4, -0.2) is 44.8 Å². The Bertz CT molecular complexity index is 636.